The molecule has 2 nitrogen and oxygen atoms in total. The number of halogens is 1. The number of likely N-dealkylation sites (N-methyl/N-ethyl adjacent to an activating group) is 1. The lowest BCUT2D eigenvalue weighted by molar-refractivity contribution is 0.214. The predicted molar refractivity (Wildman–Crippen MR) is 97.6 cm³/mol. The summed E-state index contributed by atoms with van der Waals surface area (Å²) < 4.78 is 0.963. The highest BCUT2D eigenvalue weighted by Gasteiger charge is 2.36. The van der Waals surface area contributed by atoms with Gasteiger partial charge in [0.1, 0.15) is 5.75 Å². The number of hydrogen-bond donors (Lipinski definition) is 1. The minimum atomic E-state index is 0.385. The molecule has 3 heteroatoms. The monoisotopic (exact) mass is 405 g/mol. The third-order valence-electron chi connectivity index (χ3n) is 5.33. The average Bonchev–Trinajstić information content (AvgIpc) is 2.67. The lowest BCUT2D eigenvalue weighted by Crippen LogP contribution is -2.39. The molecule has 0 amide bonds. The molecule has 1 N–H and O–H groups in total. The second kappa shape index (κ2) is 5.53. The first-order valence-electron chi connectivity index (χ1n) is 7.94. The standard InChI is InChI=1S/C19H20INO/c1-21-9-8-12-4-2-3-5-14(12)19-15-11-18(22)16(20)10-13(15)6-7-17(19)21/h2-5,10-11,17,19,22H,6-9H2,1H3. The van der Waals surface area contributed by atoms with Gasteiger partial charge < -0.3 is 10.0 Å². The van der Waals surface area contributed by atoms with E-state index in [0.29, 0.717) is 17.7 Å². The van der Waals surface area contributed by atoms with Crippen LogP contribution >= 0.6 is 22.6 Å². The summed E-state index contributed by atoms with van der Waals surface area (Å²) in [5, 5.41) is 10.2. The van der Waals surface area contributed by atoms with Crippen LogP contribution < -0.4 is 0 Å². The van der Waals surface area contributed by atoms with E-state index in [4.69, 9.17) is 0 Å². The molecule has 0 fully saturated rings. The van der Waals surface area contributed by atoms with Gasteiger partial charge in [0, 0.05) is 18.5 Å². The van der Waals surface area contributed by atoms with E-state index in [0.717, 1.165) is 23.0 Å². The Labute approximate surface area is 145 Å². The zero-order valence-corrected chi connectivity index (χ0v) is 14.9. The Hall–Kier alpha value is -1.07. The van der Waals surface area contributed by atoms with Crippen molar-refractivity contribution in [2.24, 2.45) is 0 Å². The van der Waals surface area contributed by atoms with Crippen LogP contribution in [0.2, 0.25) is 0 Å². The van der Waals surface area contributed by atoms with E-state index in [2.05, 4.69) is 64.9 Å². The van der Waals surface area contributed by atoms with Crippen LogP contribution in [0, 0.1) is 3.57 Å². The Bertz CT molecular complexity index is 727. The van der Waals surface area contributed by atoms with Crippen LogP contribution in [0.15, 0.2) is 36.4 Å². The van der Waals surface area contributed by atoms with Gasteiger partial charge in [-0.05, 0) is 83.3 Å². The van der Waals surface area contributed by atoms with Crippen molar-refractivity contribution in [2.45, 2.75) is 31.2 Å². The summed E-state index contributed by atoms with van der Waals surface area (Å²) in [6.07, 6.45) is 3.42. The number of phenols is 1. The van der Waals surface area contributed by atoms with Crippen molar-refractivity contribution >= 4 is 22.6 Å². The highest BCUT2D eigenvalue weighted by molar-refractivity contribution is 14.1. The van der Waals surface area contributed by atoms with Crippen molar-refractivity contribution in [1.82, 2.24) is 4.90 Å². The van der Waals surface area contributed by atoms with E-state index in [1.807, 2.05) is 6.07 Å². The molecule has 0 aromatic heterocycles. The van der Waals surface area contributed by atoms with Gasteiger partial charge in [-0.2, -0.15) is 0 Å². The number of nitrogens with zero attached hydrogens (tertiary/aromatic N) is 1. The molecular formula is C19H20INO. The van der Waals surface area contributed by atoms with E-state index in [9.17, 15) is 5.11 Å². The molecule has 114 valence electrons. The van der Waals surface area contributed by atoms with E-state index >= 15 is 0 Å². The van der Waals surface area contributed by atoms with Crippen molar-refractivity contribution in [1.29, 1.82) is 0 Å². The van der Waals surface area contributed by atoms with Gasteiger partial charge in [0.25, 0.3) is 0 Å². The number of phenolic OH excluding ortho intramolecular Hbond substituents is 1. The lowest BCUT2D eigenvalue weighted by Gasteiger charge is -2.38. The molecule has 2 aromatic carbocycles. The fraction of sp³-hybridized carbons (Fsp3) is 0.368. The lowest BCUT2D eigenvalue weighted by atomic mass is 9.74. The van der Waals surface area contributed by atoms with Crippen molar-refractivity contribution in [3.8, 4) is 5.75 Å². The summed E-state index contributed by atoms with van der Waals surface area (Å²) in [6.45, 7) is 1.11. The topological polar surface area (TPSA) is 23.5 Å². The van der Waals surface area contributed by atoms with Crippen molar-refractivity contribution in [3.63, 3.8) is 0 Å². The molecular weight excluding hydrogens is 385 g/mol. The van der Waals surface area contributed by atoms with Gasteiger partial charge in [-0.1, -0.05) is 24.3 Å². The number of hydrogen-bond acceptors (Lipinski definition) is 2. The normalized spacial score (nSPS) is 24.1. The second-order valence-electron chi connectivity index (χ2n) is 6.52. The highest BCUT2D eigenvalue weighted by atomic mass is 127. The van der Waals surface area contributed by atoms with E-state index < -0.39 is 0 Å². The maximum absolute atomic E-state index is 10.2. The molecule has 1 heterocycles. The van der Waals surface area contributed by atoms with Gasteiger partial charge in [-0.15, -0.1) is 0 Å². The van der Waals surface area contributed by atoms with Crippen molar-refractivity contribution in [3.05, 3.63) is 62.2 Å². The Balaban J connectivity index is 1.94. The predicted octanol–water partition coefficient (Wildman–Crippen LogP) is 3.93. The fourth-order valence-corrected chi connectivity index (χ4v) is 4.71. The van der Waals surface area contributed by atoms with Crippen LogP contribution in [0.4, 0.5) is 0 Å². The SMILES string of the molecule is CN1CCc2ccccc2C2c3cc(O)c(I)cc3CCC21. The third-order valence-corrected chi connectivity index (χ3v) is 6.19. The molecule has 22 heavy (non-hydrogen) atoms. The number of aromatic hydroxyl groups is 1. The molecule has 2 unspecified atom stereocenters. The molecule has 0 bridgehead atoms. The van der Waals surface area contributed by atoms with Crippen LogP contribution in [-0.2, 0) is 12.8 Å². The number of benzene rings is 2. The van der Waals surface area contributed by atoms with Crippen LogP contribution in [0.5, 0.6) is 5.75 Å². The van der Waals surface area contributed by atoms with Gasteiger partial charge in [-0.3, -0.25) is 0 Å². The van der Waals surface area contributed by atoms with Crippen LogP contribution in [0.25, 0.3) is 0 Å². The van der Waals surface area contributed by atoms with Gasteiger partial charge in [-0.25, -0.2) is 0 Å². The summed E-state index contributed by atoms with van der Waals surface area (Å²) in [6, 6.07) is 13.6. The van der Waals surface area contributed by atoms with E-state index in [1.165, 1.54) is 28.7 Å². The number of rotatable bonds is 0. The van der Waals surface area contributed by atoms with Crippen LogP contribution in [-0.4, -0.2) is 29.6 Å². The fourth-order valence-electron chi connectivity index (χ4n) is 4.18. The van der Waals surface area contributed by atoms with Gasteiger partial charge in [0.2, 0.25) is 0 Å². The molecule has 2 aliphatic rings. The first-order chi connectivity index (χ1) is 10.6. The molecule has 1 aliphatic heterocycles. The first-order valence-corrected chi connectivity index (χ1v) is 9.02. The molecule has 0 radical (unpaired) electrons. The highest BCUT2D eigenvalue weighted by Crippen LogP contribution is 2.44. The Morgan fingerprint density at radius 3 is 2.77 bits per heavy atom. The van der Waals surface area contributed by atoms with Crippen LogP contribution in [0.1, 0.15) is 34.6 Å². The number of fused-ring (bicyclic) bond motifs is 5. The zero-order valence-electron chi connectivity index (χ0n) is 12.7. The summed E-state index contributed by atoms with van der Waals surface area (Å²) in [5.41, 5.74) is 5.66. The minimum absolute atomic E-state index is 0.385. The summed E-state index contributed by atoms with van der Waals surface area (Å²) in [5.74, 6) is 0.805. The van der Waals surface area contributed by atoms with Gasteiger partial charge in [0.05, 0.1) is 3.57 Å². The van der Waals surface area contributed by atoms with Crippen molar-refractivity contribution in [2.75, 3.05) is 13.6 Å². The summed E-state index contributed by atoms with van der Waals surface area (Å²) >= 11 is 2.23. The van der Waals surface area contributed by atoms with E-state index in [-0.39, 0.29) is 0 Å². The van der Waals surface area contributed by atoms with Gasteiger partial charge in [0.15, 0.2) is 0 Å². The molecule has 2 aromatic rings. The van der Waals surface area contributed by atoms with Gasteiger partial charge >= 0.3 is 0 Å². The summed E-state index contributed by atoms with van der Waals surface area (Å²) in [7, 11) is 2.25. The maximum atomic E-state index is 10.2. The smallest absolute Gasteiger partial charge is 0.129 e. The minimum Gasteiger partial charge on any atom is -0.507 e. The maximum Gasteiger partial charge on any atom is 0.129 e. The molecule has 0 saturated heterocycles. The largest absolute Gasteiger partial charge is 0.507 e. The molecule has 2 atom stereocenters. The third kappa shape index (κ3) is 2.26. The molecule has 0 spiro atoms. The Morgan fingerprint density at radius 1 is 1.09 bits per heavy atom. The number of aryl methyl sites for hydroxylation is 1. The first kappa shape index (κ1) is 14.5. The summed E-state index contributed by atoms with van der Waals surface area (Å²) in [4.78, 5) is 2.52. The molecule has 0 saturated carbocycles. The average molecular weight is 405 g/mol. The Morgan fingerprint density at radius 2 is 1.91 bits per heavy atom. The Kier molecular flexibility index (Phi) is 3.65. The van der Waals surface area contributed by atoms with Crippen LogP contribution in [0.3, 0.4) is 0 Å². The molecule has 1 aliphatic carbocycles. The molecule has 4 rings (SSSR count). The van der Waals surface area contributed by atoms with Crippen molar-refractivity contribution < 1.29 is 5.11 Å². The zero-order chi connectivity index (χ0) is 15.3. The van der Waals surface area contributed by atoms with E-state index in [1.54, 1.807) is 0 Å². The quantitative estimate of drug-likeness (QED) is 0.672. The second-order valence-corrected chi connectivity index (χ2v) is 7.68.